The van der Waals surface area contributed by atoms with Crippen molar-refractivity contribution >= 4 is 35.2 Å². The molecule has 0 fully saturated rings. The van der Waals surface area contributed by atoms with Gasteiger partial charge in [-0.1, -0.05) is 0 Å². The maximum Gasteiger partial charge on any atom is 0.0606 e. The van der Waals surface area contributed by atoms with Gasteiger partial charge in [-0.15, -0.1) is 12.4 Å². The van der Waals surface area contributed by atoms with E-state index >= 15 is 0 Å². The number of anilines is 4. The molecule has 2 aromatic carbocycles. The molecule has 6 N–H and O–H groups in total. The number of hydrogen-bond acceptors (Lipinski definition) is 6. The van der Waals surface area contributed by atoms with Crippen molar-refractivity contribution in [3.8, 4) is 0 Å². The van der Waals surface area contributed by atoms with Gasteiger partial charge in [0.1, 0.15) is 0 Å². The Balaban J connectivity index is 0.00000420. The molecule has 0 aromatic heterocycles. The van der Waals surface area contributed by atoms with Crippen molar-refractivity contribution < 1.29 is 10.2 Å². The summed E-state index contributed by atoms with van der Waals surface area (Å²) in [5.74, 6) is 0. The van der Waals surface area contributed by atoms with Gasteiger partial charge in [0, 0.05) is 48.9 Å². The molecule has 0 aliphatic rings. The Morgan fingerprint density at radius 3 is 1.38 bits per heavy atom. The molecule has 0 heterocycles. The van der Waals surface area contributed by atoms with Crippen LogP contribution >= 0.6 is 12.4 Å². The van der Waals surface area contributed by atoms with Crippen LogP contribution in [0.15, 0.2) is 36.4 Å². The summed E-state index contributed by atoms with van der Waals surface area (Å²) in [4.78, 5) is 4.38. The number of nitrogens with two attached hydrogens (primary N) is 2. The first kappa shape index (κ1) is 24.9. The number of hydrogen-bond donors (Lipinski definition) is 4. The van der Waals surface area contributed by atoms with E-state index in [1.165, 1.54) is 0 Å². The minimum Gasteiger partial charge on any atom is -0.399 e. The molecule has 162 valence electrons. The van der Waals surface area contributed by atoms with Crippen molar-refractivity contribution in [3.63, 3.8) is 0 Å². The van der Waals surface area contributed by atoms with Crippen molar-refractivity contribution in [2.24, 2.45) is 0 Å². The number of halogens is 1. The van der Waals surface area contributed by atoms with Gasteiger partial charge in [0.2, 0.25) is 0 Å². The van der Waals surface area contributed by atoms with Gasteiger partial charge in [0.15, 0.2) is 0 Å². The zero-order valence-corrected chi connectivity index (χ0v) is 18.3. The molecule has 0 aliphatic heterocycles. The summed E-state index contributed by atoms with van der Waals surface area (Å²) in [5.41, 5.74) is 17.7. The first-order valence-electron chi connectivity index (χ1n) is 9.90. The van der Waals surface area contributed by atoms with E-state index in [1.807, 2.05) is 38.1 Å². The first-order valence-corrected chi connectivity index (χ1v) is 9.90. The van der Waals surface area contributed by atoms with Crippen LogP contribution in [0.3, 0.4) is 0 Å². The van der Waals surface area contributed by atoms with Crippen LogP contribution in [0.2, 0.25) is 0 Å². The highest BCUT2D eigenvalue weighted by Crippen LogP contribution is 2.22. The highest BCUT2D eigenvalue weighted by Gasteiger charge is 2.10. The molecule has 0 bridgehead atoms. The van der Waals surface area contributed by atoms with E-state index < -0.39 is 0 Å². The number of unbranched alkanes of at least 4 members (excludes halogenated alkanes) is 1. The quantitative estimate of drug-likeness (QED) is 0.328. The number of nitrogens with zero attached hydrogens (tertiary/aromatic N) is 2. The summed E-state index contributed by atoms with van der Waals surface area (Å²) in [6.45, 7) is 7.14. The molecule has 0 aliphatic carbocycles. The Morgan fingerprint density at radius 1 is 0.690 bits per heavy atom. The number of aliphatic hydroxyl groups is 2. The minimum atomic E-state index is 0. The molecule has 6 nitrogen and oxygen atoms in total. The van der Waals surface area contributed by atoms with Crippen molar-refractivity contribution in [2.75, 3.05) is 60.7 Å². The lowest BCUT2D eigenvalue weighted by molar-refractivity contribution is 0.299. The van der Waals surface area contributed by atoms with E-state index in [4.69, 9.17) is 11.5 Å². The molecule has 2 rings (SSSR count). The van der Waals surface area contributed by atoms with Crippen LogP contribution < -0.4 is 21.3 Å². The molecule has 0 atom stereocenters. The molecule has 0 saturated carbocycles. The van der Waals surface area contributed by atoms with Gasteiger partial charge in [-0.05, 0) is 74.2 Å². The lowest BCUT2D eigenvalue weighted by atomic mass is 10.1. The van der Waals surface area contributed by atoms with Crippen LogP contribution in [0.25, 0.3) is 0 Å². The van der Waals surface area contributed by atoms with Crippen molar-refractivity contribution in [2.45, 2.75) is 26.7 Å². The normalized spacial score (nSPS) is 10.5. The summed E-state index contributed by atoms with van der Waals surface area (Å²) in [5, 5.41) is 18.8. The third kappa shape index (κ3) is 7.31. The van der Waals surface area contributed by atoms with E-state index in [0.29, 0.717) is 13.1 Å². The number of rotatable bonds is 11. The van der Waals surface area contributed by atoms with Gasteiger partial charge in [0.25, 0.3) is 0 Å². The smallest absolute Gasteiger partial charge is 0.0606 e. The summed E-state index contributed by atoms with van der Waals surface area (Å²) in [6.07, 6.45) is 1.97. The molecule has 0 unspecified atom stereocenters. The Bertz CT molecular complexity index is 694. The predicted octanol–water partition coefficient (Wildman–Crippen LogP) is 2.97. The van der Waals surface area contributed by atoms with E-state index in [2.05, 4.69) is 21.9 Å². The lowest BCUT2D eigenvalue weighted by Crippen LogP contribution is -2.30. The molecular formula is C22H35ClN4O2. The topological polar surface area (TPSA) is 99.0 Å². The van der Waals surface area contributed by atoms with Gasteiger partial charge in [-0.3, -0.25) is 0 Å². The summed E-state index contributed by atoms with van der Waals surface area (Å²) >= 11 is 0. The van der Waals surface area contributed by atoms with Gasteiger partial charge in [-0.25, -0.2) is 0 Å². The minimum absolute atomic E-state index is 0. The summed E-state index contributed by atoms with van der Waals surface area (Å²) < 4.78 is 0. The van der Waals surface area contributed by atoms with Crippen molar-refractivity contribution in [1.82, 2.24) is 0 Å². The maximum absolute atomic E-state index is 9.42. The van der Waals surface area contributed by atoms with Gasteiger partial charge >= 0.3 is 0 Å². The monoisotopic (exact) mass is 422 g/mol. The Hall–Kier alpha value is -2.15. The largest absolute Gasteiger partial charge is 0.399 e. The zero-order chi connectivity index (χ0) is 20.5. The third-order valence-electron chi connectivity index (χ3n) is 5.08. The van der Waals surface area contributed by atoms with Crippen LogP contribution in [0.1, 0.15) is 24.0 Å². The van der Waals surface area contributed by atoms with Crippen LogP contribution in [-0.2, 0) is 0 Å². The third-order valence-corrected chi connectivity index (χ3v) is 5.08. The highest BCUT2D eigenvalue weighted by molar-refractivity contribution is 5.85. The molecule has 0 spiro atoms. The lowest BCUT2D eigenvalue weighted by Gasteiger charge is -2.27. The fourth-order valence-electron chi connectivity index (χ4n) is 3.30. The summed E-state index contributed by atoms with van der Waals surface area (Å²) in [7, 11) is 0. The van der Waals surface area contributed by atoms with E-state index in [9.17, 15) is 10.2 Å². The fourth-order valence-corrected chi connectivity index (χ4v) is 3.30. The van der Waals surface area contributed by atoms with E-state index in [1.54, 1.807) is 0 Å². The molecular weight excluding hydrogens is 388 g/mol. The average Bonchev–Trinajstić information content (AvgIpc) is 2.68. The number of aliphatic hydroxyl groups excluding tert-OH is 2. The van der Waals surface area contributed by atoms with Crippen molar-refractivity contribution in [1.29, 1.82) is 0 Å². The maximum atomic E-state index is 9.42. The first-order chi connectivity index (χ1) is 13.5. The molecule has 2 aromatic rings. The predicted molar refractivity (Wildman–Crippen MR) is 126 cm³/mol. The average molecular weight is 423 g/mol. The van der Waals surface area contributed by atoms with Crippen LogP contribution in [0, 0.1) is 13.8 Å². The second-order valence-corrected chi connectivity index (χ2v) is 7.21. The Labute approximate surface area is 180 Å². The number of nitrogen functional groups attached to an aromatic ring is 2. The van der Waals surface area contributed by atoms with E-state index in [-0.39, 0.29) is 25.6 Å². The Morgan fingerprint density at radius 2 is 1.07 bits per heavy atom. The number of aryl methyl sites for hydroxylation is 2. The SMILES string of the molecule is Cc1cc(N(CCO)CCCCN(CCO)c2ccc(N)c(C)c2)ccc1N.Cl. The molecule has 0 amide bonds. The van der Waals surface area contributed by atoms with Crippen molar-refractivity contribution in [3.05, 3.63) is 47.5 Å². The van der Waals surface area contributed by atoms with Crippen LogP contribution in [-0.4, -0.2) is 49.6 Å². The van der Waals surface area contributed by atoms with E-state index in [0.717, 1.165) is 59.8 Å². The molecule has 7 heteroatoms. The van der Waals surface area contributed by atoms with Gasteiger partial charge < -0.3 is 31.5 Å². The number of benzene rings is 2. The fraction of sp³-hybridized carbons (Fsp3) is 0.455. The standard InChI is InChI=1S/C22H34N4O2.ClH/c1-17-15-19(5-7-21(17)23)25(11-13-27)9-3-4-10-26(12-14-28)20-6-8-22(24)18(2)16-20;/h5-8,15-16,27-28H,3-4,9-14,23-24H2,1-2H3;1H. The van der Waals surface area contributed by atoms with Crippen LogP contribution in [0.5, 0.6) is 0 Å². The van der Waals surface area contributed by atoms with Gasteiger partial charge in [0.05, 0.1) is 13.2 Å². The summed E-state index contributed by atoms with van der Waals surface area (Å²) in [6, 6.07) is 12.0. The molecule has 0 saturated heterocycles. The molecule has 0 radical (unpaired) electrons. The highest BCUT2D eigenvalue weighted by atomic mass is 35.5. The van der Waals surface area contributed by atoms with Crippen LogP contribution in [0.4, 0.5) is 22.7 Å². The second-order valence-electron chi connectivity index (χ2n) is 7.21. The second kappa shape index (κ2) is 12.4. The Kier molecular flexibility index (Phi) is 10.7. The molecule has 29 heavy (non-hydrogen) atoms. The van der Waals surface area contributed by atoms with Gasteiger partial charge in [-0.2, -0.15) is 0 Å². The zero-order valence-electron chi connectivity index (χ0n) is 17.5.